The quantitative estimate of drug-likeness (QED) is 0.0223. The maximum absolute atomic E-state index is 13.6. The van der Waals surface area contributed by atoms with Crippen molar-refractivity contribution in [3.8, 4) is 5.69 Å². The number of amides is 6. The summed E-state index contributed by atoms with van der Waals surface area (Å²) in [6, 6.07) is 1.52. The van der Waals surface area contributed by atoms with Crippen molar-refractivity contribution < 1.29 is 92.0 Å². The summed E-state index contributed by atoms with van der Waals surface area (Å²) in [6.45, 7) is 5.01. The molecule has 504 valence electrons. The molecule has 0 aliphatic carbocycles. The third-order valence-corrected chi connectivity index (χ3v) is 13.0. The van der Waals surface area contributed by atoms with Crippen molar-refractivity contribution in [2.24, 2.45) is 5.73 Å². The van der Waals surface area contributed by atoms with Crippen LogP contribution in [0.1, 0.15) is 180 Å². The van der Waals surface area contributed by atoms with Gasteiger partial charge in [-0.2, -0.15) is 28.8 Å². The van der Waals surface area contributed by atoms with Crippen molar-refractivity contribution in [2.75, 3.05) is 26.2 Å². The highest BCUT2D eigenvalue weighted by molar-refractivity contribution is 6.02. The average Bonchev–Trinajstić information content (AvgIpc) is 1.40. The maximum atomic E-state index is 13.6. The second-order valence-corrected chi connectivity index (χ2v) is 20.3. The van der Waals surface area contributed by atoms with Crippen molar-refractivity contribution >= 4 is 71.8 Å². The third kappa shape index (κ3) is 37.7. The SMILES string of the molecule is CCCNC(=O)N[C@@H](CCCCn1cc(CNC(=O)CCCCCCC(=O)c2cc(C(=O)CCCCCCC(=O)NCc3cn(CCCCCNC(=O)N[C@@H](CCC(=O)O)C(=O)O)nn3)cc(-n3cc(COCCN)nn3)c2)nn1)C(=O)O.O=C=O.O=C=O.O=C=O. The zero-order valence-electron chi connectivity index (χ0n) is 51.3. The summed E-state index contributed by atoms with van der Waals surface area (Å²) >= 11 is 0. The molecule has 0 radical (unpaired) electrons. The number of ether oxygens (including phenoxy) is 1. The third-order valence-electron chi connectivity index (χ3n) is 13.0. The molecular weight excluding hydrogens is 1210 g/mol. The molecule has 0 aliphatic heterocycles. The summed E-state index contributed by atoms with van der Waals surface area (Å²) in [6.07, 6.45) is 15.9. The molecule has 0 bridgehead atoms. The largest absolute Gasteiger partial charge is 0.481 e. The number of carbonyl (C=O) groups excluding carboxylic acids is 12. The molecule has 4 aromatic rings. The van der Waals surface area contributed by atoms with E-state index in [2.05, 4.69) is 62.8 Å². The van der Waals surface area contributed by atoms with Gasteiger partial charge >= 0.3 is 48.4 Å². The highest BCUT2D eigenvalue weighted by Crippen LogP contribution is 2.21. The van der Waals surface area contributed by atoms with Gasteiger partial charge in [-0.1, -0.05) is 48.2 Å². The molecule has 92 heavy (non-hydrogen) atoms. The second kappa shape index (κ2) is 49.8. The van der Waals surface area contributed by atoms with E-state index in [4.69, 9.17) is 44.3 Å². The number of aromatic nitrogens is 9. The first-order valence-electron chi connectivity index (χ1n) is 29.7. The Balaban J connectivity index is 0.00000443. The number of ketones is 2. The van der Waals surface area contributed by atoms with Crippen molar-refractivity contribution in [1.82, 2.24) is 76.9 Å². The molecule has 35 heteroatoms. The number of benzene rings is 1. The number of nitrogens with one attached hydrogen (secondary N) is 6. The van der Waals surface area contributed by atoms with Crippen LogP contribution in [-0.4, -0.2) is 170 Å². The number of nitrogens with two attached hydrogens (primary N) is 1. The van der Waals surface area contributed by atoms with Crippen molar-refractivity contribution in [3.05, 3.63) is 65.0 Å². The predicted molar refractivity (Wildman–Crippen MR) is 314 cm³/mol. The summed E-state index contributed by atoms with van der Waals surface area (Å²) in [5, 5.41) is 67.9. The Kier molecular flexibility index (Phi) is 43.2. The van der Waals surface area contributed by atoms with Gasteiger partial charge in [0.05, 0.1) is 50.6 Å². The number of unbranched alkanes of at least 4 members (excludes halogenated alkanes) is 9. The maximum Gasteiger partial charge on any atom is 0.373 e. The summed E-state index contributed by atoms with van der Waals surface area (Å²) in [4.78, 5) is 159. The zero-order chi connectivity index (χ0) is 68.3. The molecule has 6 amide bonds. The number of carboxylic acids is 3. The normalized spacial score (nSPS) is 10.9. The van der Waals surface area contributed by atoms with E-state index in [9.17, 15) is 53.4 Å². The Bertz CT molecular complexity index is 2970. The van der Waals surface area contributed by atoms with Gasteiger partial charge in [0.1, 0.15) is 29.2 Å². The number of nitrogens with zero attached hydrogens (tertiary/aromatic N) is 9. The standard InChI is InChI=1S/C54H82N16O13.3CO2/c1-2-24-56-53(81)60-44(51(77)78)16-12-15-27-69-35-41(63-66-69)33-59-49(74)20-11-6-4-9-18-47(72)39-29-38(30-43(31-39)70-36-42(64-67-70)37-83-28-23-55)46(71)17-8-3-5-10-19-48(73)58-32-40-34-68(65-62-40)26-14-7-13-25-57-54(82)61-45(52(79)80)21-22-50(75)76;3*2-1-3/h29-31,34-36,44-45H,2-28,32-33,37,55H2,1H3,(H,58,73)(H,59,74)(H,75,76)(H,77,78)(H,79,80)(H2,56,60,81)(H2,57,61,82);;;/t44-,45-;;;/m0.../s1. The van der Waals surface area contributed by atoms with Crippen LogP contribution in [0.3, 0.4) is 0 Å². The van der Waals surface area contributed by atoms with Crippen LogP contribution in [0.2, 0.25) is 0 Å². The van der Waals surface area contributed by atoms with Crippen LogP contribution in [0, 0.1) is 0 Å². The van der Waals surface area contributed by atoms with E-state index in [0.717, 1.165) is 32.1 Å². The molecule has 0 spiro atoms. The van der Waals surface area contributed by atoms with Gasteiger partial charge in [0.25, 0.3) is 0 Å². The fraction of sp³-hybridized carbons (Fsp3) is 0.579. The number of carboxylic acid groups (broad SMARTS) is 3. The van der Waals surface area contributed by atoms with Gasteiger partial charge in [-0.3, -0.25) is 33.3 Å². The van der Waals surface area contributed by atoms with E-state index in [1.165, 1.54) is 4.68 Å². The van der Waals surface area contributed by atoms with E-state index < -0.39 is 42.1 Å². The molecule has 1 aromatic carbocycles. The molecule has 0 saturated carbocycles. The minimum absolute atomic E-state index is 0.133. The summed E-state index contributed by atoms with van der Waals surface area (Å²) in [5.41, 5.74) is 8.52. The lowest BCUT2D eigenvalue weighted by Crippen LogP contribution is -2.46. The monoisotopic (exact) mass is 1290 g/mol. The van der Waals surface area contributed by atoms with Gasteiger partial charge < -0.3 is 57.7 Å². The number of Topliss-reactive ketones (excluding diaryl/α,β-unsaturated/α-hetero) is 2. The lowest BCUT2D eigenvalue weighted by atomic mass is 9.97. The molecule has 0 saturated heterocycles. The highest BCUT2D eigenvalue weighted by Gasteiger charge is 2.22. The molecule has 0 fully saturated rings. The number of aryl methyl sites for hydroxylation is 2. The van der Waals surface area contributed by atoms with E-state index in [1.54, 1.807) is 46.2 Å². The summed E-state index contributed by atoms with van der Waals surface area (Å²) in [5.74, 6) is -4.11. The predicted octanol–water partition coefficient (Wildman–Crippen LogP) is 1.97. The van der Waals surface area contributed by atoms with Crippen LogP contribution in [0.15, 0.2) is 36.8 Å². The van der Waals surface area contributed by atoms with Crippen LogP contribution in [-0.2, 0) is 90.3 Å². The lowest BCUT2D eigenvalue weighted by Gasteiger charge is -2.14. The van der Waals surface area contributed by atoms with E-state index in [-0.39, 0.29) is 93.6 Å². The Hall–Kier alpha value is -10.1. The van der Waals surface area contributed by atoms with Gasteiger partial charge in [-0.25, -0.2) is 23.9 Å². The molecule has 35 nitrogen and oxygen atoms in total. The number of aliphatic carboxylic acids is 3. The Morgan fingerprint density at radius 1 is 0.522 bits per heavy atom. The van der Waals surface area contributed by atoms with Crippen LogP contribution >= 0.6 is 0 Å². The minimum Gasteiger partial charge on any atom is -0.481 e. The Morgan fingerprint density at radius 2 is 0.967 bits per heavy atom. The second-order valence-electron chi connectivity index (χ2n) is 20.3. The lowest BCUT2D eigenvalue weighted by molar-refractivity contribution is -0.193. The highest BCUT2D eigenvalue weighted by atomic mass is 16.5. The van der Waals surface area contributed by atoms with Crippen molar-refractivity contribution in [3.63, 3.8) is 0 Å². The van der Waals surface area contributed by atoms with Gasteiger partial charge in [0, 0.05) is 76.0 Å². The van der Waals surface area contributed by atoms with Crippen molar-refractivity contribution in [1.29, 1.82) is 0 Å². The number of hydrogen-bond donors (Lipinski definition) is 10. The Labute approximate surface area is 528 Å². The topological polar surface area (TPSA) is 516 Å². The van der Waals surface area contributed by atoms with Crippen LogP contribution in [0.4, 0.5) is 9.59 Å². The molecule has 0 aliphatic rings. The molecule has 3 aromatic heterocycles. The number of carbonyl (C=O) groups is 9. The molecule has 0 unspecified atom stereocenters. The first kappa shape index (κ1) is 79.9. The Morgan fingerprint density at radius 3 is 1.43 bits per heavy atom. The van der Waals surface area contributed by atoms with Crippen molar-refractivity contribution in [2.45, 2.75) is 187 Å². The van der Waals surface area contributed by atoms with Crippen LogP contribution in [0.5, 0.6) is 0 Å². The first-order chi connectivity index (χ1) is 44.3. The van der Waals surface area contributed by atoms with Gasteiger partial charge in [0.15, 0.2) is 11.6 Å². The van der Waals surface area contributed by atoms with Gasteiger partial charge in [-0.15, -0.1) is 15.3 Å². The summed E-state index contributed by atoms with van der Waals surface area (Å²) < 4.78 is 10.3. The number of hydrogen-bond acceptors (Lipinski definition) is 23. The average molecular weight is 1300 g/mol. The fourth-order valence-electron chi connectivity index (χ4n) is 8.41. The van der Waals surface area contributed by atoms with E-state index in [0.29, 0.717) is 144 Å². The number of rotatable bonds is 45. The van der Waals surface area contributed by atoms with Crippen LogP contribution in [0.25, 0.3) is 5.69 Å². The van der Waals surface area contributed by atoms with Crippen LogP contribution < -0.4 is 37.6 Å². The van der Waals surface area contributed by atoms with E-state index >= 15 is 0 Å². The fourth-order valence-corrected chi connectivity index (χ4v) is 8.41. The molecule has 4 rings (SSSR count). The number of urea groups is 2. The van der Waals surface area contributed by atoms with Gasteiger partial charge in [0.2, 0.25) is 11.8 Å². The molecule has 2 atom stereocenters. The van der Waals surface area contributed by atoms with E-state index in [1.807, 2.05) is 6.92 Å². The molecular formula is C57H82N16O19. The first-order valence-corrected chi connectivity index (χ1v) is 29.7. The molecule has 3 heterocycles. The molecule has 11 N–H and O–H groups in total. The van der Waals surface area contributed by atoms with Gasteiger partial charge in [-0.05, 0) is 95.2 Å². The smallest absolute Gasteiger partial charge is 0.373 e. The zero-order valence-corrected chi connectivity index (χ0v) is 51.3. The summed E-state index contributed by atoms with van der Waals surface area (Å²) in [7, 11) is 0. The minimum atomic E-state index is -1.31.